The molecule has 0 bridgehead atoms. The summed E-state index contributed by atoms with van der Waals surface area (Å²) in [5.74, 6) is 0.695. The summed E-state index contributed by atoms with van der Waals surface area (Å²) in [6, 6.07) is 57.2. The van der Waals surface area contributed by atoms with E-state index in [0.29, 0.717) is 5.82 Å². The van der Waals surface area contributed by atoms with Gasteiger partial charge in [-0.25, -0.2) is 9.97 Å². The molecule has 216 valence electrons. The maximum Gasteiger partial charge on any atom is 0.160 e. The fourth-order valence-electron chi connectivity index (χ4n) is 6.62. The zero-order valence-corrected chi connectivity index (χ0v) is 25.0. The molecule has 0 N–H and O–H groups in total. The molecule has 3 heterocycles. The van der Waals surface area contributed by atoms with Gasteiger partial charge in [0, 0.05) is 44.7 Å². The summed E-state index contributed by atoms with van der Waals surface area (Å²) in [5.41, 5.74) is 10.6. The van der Waals surface area contributed by atoms with Gasteiger partial charge in [0.05, 0.1) is 33.6 Å². The summed E-state index contributed by atoms with van der Waals surface area (Å²) in [4.78, 5) is 10.2. The SMILES string of the molecule is c1ccc(-c2cc(-c3ccccc3)nc(-c3cccc(-n4cc(-n5c6ccccc6c6ccccc65)c5ccccc54)c3)n2)cc1. The lowest BCUT2D eigenvalue weighted by Gasteiger charge is -2.11. The lowest BCUT2D eigenvalue weighted by atomic mass is 10.1. The molecule has 0 fully saturated rings. The summed E-state index contributed by atoms with van der Waals surface area (Å²) in [7, 11) is 0. The third-order valence-corrected chi connectivity index (χ3v) is 8.76. The molecule has 0 saturated heterocycles. The molecule has 0 aliphatic rings. The van der Waals surface area contributed by atoms with Crippen molar-refractivity contribution in [1.82, 2.24) is 19.1 Å². The van der Waals surface area contributed by atoms with Gasteiger partial charge in [-0.15, -0.1) is 0 Å². The molecule has 0 aliphatic carbocycles. The molecule has 4 nitrogen and oxygen atoms in total. The Bertz CT molecular complexity index is 2410. The van der Waals surface area contributed by atoms with Gasteiger partial charge in [0.25, 0.3) is 0 Å². The number of hydrogen-bond acceptors (Lipinski definition) is 2. The minimum atomic E-state index is 0.695. The smallest absolute Gasteiger partial charge is 0.160 e. The predicted molar refractivity (Wildman–Crippen MR) is 190 cm³/mol. The van der Waals surface area contributed by atoms with Gasteiger partial charge in [0.2, 0.25) is 0 Å². The molecular formula is C42H28N4. The molecule has 4 heteroatoms. The number of hydrogen-bond donors (Lipinski definition) is 0. The lowest BCUT2D eigenvalue weighted by Crippen LogP contribution is -1.98. The number of benzene rings is 6. The van der Waals surface area contributed by atoms with Crippen LogP contribution in [0.4, 0.5) is 0 Å². The molecule has 9 rings (SSSR count). The number of fused-ring (bicyclic) bond motifs is 4. The molecule has 0 aliphatic heterocycles. The van der Waals surface area contributed by atoms with E-state index in [2.05, 4.69) is 143 Å². The third kappa shape index (κ3) is 4.31. The normalized spacial score (nSPS) is 11.5. The van der Waals surface area contributed by atoms with E-state index < -0.39 is 0 Å². The second kappa shape index (κ2) is 10.7. The van der Waals surface area contributed by atoms with Gasteiger partial charge in [-0.05, 0) is 36.4 Å². The van der Waals surface area contributed by atoms with E-state index in [1.165, 1.54) is 27.2 Å². The minimum Gasteiger partial charge on any atom is -0.314 e. The Kier molecular flexibility index (Phi) is 6.10. The van der Waals surface area contributed by atoms with Crippen LogP contribution in [0.2, 0.25) is 0 Å². The predicted octanol–water partition coefficient (Wildman–Crippen LogP) is 10.5. The van der Waals surface area contributed by atoms with Gasteiger partial charge in [-0.1, -0.05) is 127 Å². The Labute approximate surface area is 266 Å². The van der Waals surface area contributed by atoms with Crippen LogP contribution in [0.3, 0.4) is 0 Å². The first kappa shape index (κ1) is 26.2. The topological polar surface area (TPSA) is 35.6 Å². The van der Waals surface area contributed by atoms with Crippen LogP contribution in [0.25, 0.3) is 78.0 Å². The van der Waals surface area contributed by atoms with Crippen molar-refractivity contribution in [1.29, 1.82) is 0 Å². The van der Waals surface area contributed by atoms with Gasteiger partial charge in [-0.2, -0.15) is 0 Å². The first-order valence-corrected chi connectivity index (χ1v) is 15.5. The first-order chi connectivity index (χ1) is 22.8. The highest BCUT2D eigenvalue weighted by molar-refractivity contribution is 6.10. The van der Waals surface area contributed by atoms with Crippen LogP contribution in [-0.4, -0.2) is 19.1 Å². The quantitative estimate of drug-likeness (QED) is 0.200. The zero-order chi connectivity index (χ0) is 30.5. The van der Waals surface area contributed by atoms with Crippen LogP contribution in [-0.2, 0) is 0 Å². The fourth-order valence-corrected chi connectivity index (χ4v) is 6.62. The summed E-state index contributed by atoms with van der Waals surface area (Å²) >= 11 is 0. The van der Waals surface area contributed by atoms with Crippen molar-refractivity contribution in [3.8, 4) is 45.3 Å². The van der Waals surface area contributed by atoms with Crippen molar-refractivity contribution < 1.29 is 0 Å². The van der Waals surface area contributed by atoms with Crippen molar-refractivity contribution >= 4 is 32.7 Å². The molecular weight excluding hydrogens is 560 g/mol. The van der Waals surface area contributed by atoms with E-state index in [1.807, 2.05) is 36.4 Å². The fraction of sp³-hybridized carbons (Fsp3) is 0. The molecule has 0 atom stereocenters. The highest BCUT2D eigenvalue weighted by Gasteiger charge is 2.18. The van der Waals surface area contributed by atoms with Gasteiger partial charge < -0.3 is 9.13 Å². The second-order valence-electron chi connectivity index (χ2n) is 11.5. The summed E-state index contributed by atoms with van der Waals surface area (Å²) in [6.45, 7) is 0. The minimum absolute atomic E-state index is 0.695. The monoisotopic (exact) mass is 588 g/mol. The van der Waals surface area contributed by atoms with Crippen LogP contribution >= 0.6 is 0 Å². The van der Waals surface area contributed by atoms with E-state index in [1.54, 1.807) is 0 Å². The van der Waals surface area contributed by atoms with E-state index in [4.69, 9.17) is 9.97 Å². The molecule has 0 unspecified atom stereocenters. The largest absolute Gasteiger partial charge is 0.314 e. The van der Waals surface area contributed by atoms with E-state index in [9.17, 15) is 0 Å². The molecule has 3 aromatic heterocycles. The van der Waals surface area contributed by atoms with Crippen LogP contribution in [0, 0.1) is 0 Å². The average Bonchev–Trinajstić information content (AvgIpc) is 3.68. The van der Waals surface area contributed by atoms with Crippen molar-refractivity contribution in [3.05, 3.63) is 170 Å². The Morgan fingerprint density at radius 3 is 1.50 bits per heavy atom. The standard InChI is InChI=1S/C42H28N4/c1-3-14-29(15-4-1)36-27-37(30-16-5-2-6-17-30)44-42(43-36)31-18-13-19-32(26-31)45-28-41(35-22-9-10-23-38(35)45)46-39-24-11-7-20-33(39)34-21-8-12-25-40(34)46/h1-28H. The number of aromatic nitrogens is 4. The zero-order valence-electron chi connectivity index (χ0n) is 25.0. The number of nitrogens with zero attached hydrogens (tertiary/aromatic N) is 4. The Morgan fingerprint density at radius 1 is 0.391 bits per heavy atom. The maximum absolute atomic E-state index is 5.09. The van der Waals surface area contributed by atoms with Gasteiger partial charge in [0.15, 0.2) is 5.82 Å². The van der Waals surface area contributed by atoms with E-state index >= 15 is 0 Å². The molecule has 6 aromatic carbocycles. The highest BCUT2D eigenvalue weighted by atomic mass is 15.1. The van der Waals surface area contributed by atoms with Gasteiger partial charge in [-0.3, -0.25) is 0 Å². The lowest BCUT2D eigenvalue weighted by molar-refractivity contribution is 1.09. The molecule has 9 aromatic rings. The van der Waals surface area contributed by atoms with Crippen LogP contribution in [0.5, 0.6) is 0 Å². The van der Waals surface area contributed by atoms with Crippen molar-refractivity contribution in [3.63, 3.8) is 0 Å². The Balaban J connectivity index is 1.23. The third-order valence-electron chi connectivity index (χ3n) is 8.76. The maximum atomic E-state index is 5.09. The summed E-state index contributed by atoms with van der Waals surface area (Å²) in [5, 5.41) is 3.69. The van der Waals surface area contributed by atoms with E-state index in [-0.39, 0.29) is 0 Å². The van der Waals surface area contributed by atoms with Crippen molar-refractivity contribution in [2.24, 2.45) is 0 Å². The van der Waals surface area contributed by atoms with Crippen LogP contribution in [0.15, 0.2) is 170 Å². The Morgan fingerprint density at radius 2 is 0.891 bits per heavy atom. The van der Waals surface area contributed by atoms with Crippen molar-refractivity contribution in [2.75, 3.05) is 0 Å². The first-order valence-electron chi connectivity index (χ1n) is 15.5. The number of rotatable bonds is 5. The highest BCUT2D eigenvalue weighted by Crippen LogP contribution is 2.37. The summed E-state index contributed by atoms with van der Waals surface area (Å²) < 4.78 is 4.68. The van der Waals surface area contributed by atoms with Crippen LogP contribution < -0.4 is 0 Å². The van der Waals surface area contributed by atoms with Crippen LogP contribution in [0.1, 0.15) is 0 Å². The molecule has 0 amide bonds. The number of para-hydroxylation sites is 3. The molecule has 0 spiro atoms. The second-order valence-corrected chi connectivity index (χ2v) is 11.5. The Hall–Kier alpha value is -6.26. The molecule has 0 radical (unpaired) electrons. The average molecular weight is 589 g/mol. The van der Waals surface area contributed by atoms with Gasteiger partial charge in [0.1, 0.15) is 0 Å². The van der Waals surface area contributed by atoms with E-state index in [0.717, 1.165) is 45.0 Å². The van der Waals surface area contributed by atoms with Gasteiger partial charge >= 0.3 is 0 Å². The molecule has 0 saturated carbocycles. The summed E-state index contributed by atoms with van der Waals surface area (Å²) in [6.07, 6.45) is 2.26. The van der Waals surface area contributed by atoms with Crippen molar-refractivity contribution in [2.45, 2.75) is 0 Å². The molecule has 46 heavy (non-hydrogen) atoms.